The molecule has 0 unspecified atom stereocenters. The Morgan fingerprint density at radius 3 is 2.54 bits per heavy atom. The molecule has 0 spiro atoms. The second-order valence-corrected chi connectivity index (χ2v) is 3.84. The molecule has 0 fully saturated rings. The van der Waals surface area contributed by atoms with Crippen molar-refractivity contribution in [1.29, 1.82) is 0 Å². The van der Waals surface area contributed by atoms with Crippen LogP contribution in [0.25, 0.3) is 0 Å². The van der Waals surface area contributed by atoms with E-state index < -0.39 is 0 Å². The summed E-state index contributed by atoms with van der Waals surface area (Å²) in [6.45, 7) is 4.38. The van der Waals surface area contributed by atoms with Crippen LogP contribution in [0.1, 0.15) is 26.7 Å². The van der Waals surface area contributed by atoms with Gasteiger partial charge in [0.05, 0.1) is 11.9 Å². The molecule has 0 saturated carbocycles. The van der Waals surface area contributed by atoms with Crippen molar-refractivity contribution in [3.05, 3.63) is 22.9 Å². The van der Waals surface area contributed by atoms with Crippen molar-refractivity contribution < 1.29 is 0 Å². The molecule has 0 aliphatic heterocycles. The molecule has 0 bridgehead atoms. The van der Waals surface area contributed by atoms with Gasteiger partial charge in [0, 0.05) is 6.04 Å². The Morgan fingerprint density at radius 2 is 2.08 bits per heavy atom. The number of pyridine rings is 1. The van der Waals surface area contributed by atoms with E-state index in [1.54, 1.807) is 0 Å². The Bertz CT molecular complexity index is 242. The Labute approximate surface area is 87.9 Å². The van der Waals surface area contributed by atoms with Crippen molar-refractivity contribution in [2.24, 2.45) is 0 Å². The van der Waals surface area contributed by atoms with Crippen molar-refractivity contribution in [2.45, 2.75) is 32.7 Å². The van der Waals surface area contributed by atoms with Gasteiger partial charge in [-0.3, -0.25) is 0 Å². The Hall–Kier alpha value is -0.570. The van der Waals surface area contributed by atoms with Crippen LogP contribution in [0.5, 0.6) is 0 Å². The topological polar surface area (TPSA) is 24.9 Å². The average Bonchev–Trinajstić information content (AvgIpc) is 2.17. The molecule has 72 valence electrons. The lowest BCUT2D eigenvalue weighted by molar-refractivity contribution is 0.671. The lowest BCUT2D eigenvalue weighted by atomic mass is 10.1. The van der Waals surface area contributed by atoms with Gasteiger partial charge >= 0.3 is 0 Å². The number of hydrogen-bond donors (Lipinski definition) is 1. The van der Waals surface area contributed by atoms with Gasteiger partial charge in [-0.05, 0) is 40.9 Å². The molecule has 1 aromatic rings. The number of rotatable bonds is 4. The molecule has 0 saturated heterocycles. The van der Waals surface area contributed by atoms with Crippen molar-refractivity contribution in [3.8, 4) is 0 Å². The van der Waals surface area contributed by atoms with Crippen LogP contribution >= 0.6 is 15.9 Å². The van der Waals surface area contributed by atoms with Gasteiger partial charge in [-0.15, -0.1) is 0 Å². The first-order valence-electron chi connectivity index (χ1n) is 4.64. The smallest absolute Gasteiger partial charge is 0.106 e. The highest BCUT2D eigenvalue weighted by Gasteiger charge is 2.02. The minimum atomic E-state index is 0.558. The third-order valence-electron chi connectivity index (χ3n) is 2.08. The van der Waals surface area contributed by atoms with Crippen LogP contribution in [0.3, 0.4) is 0 Å². The van der Waals surface area contributed by atoms with Gasteiger partial charge in [-0.25, -0.2) is 4.98 Å². The first-order chi connectivity index (χ1) is 6.26. The summed E-state index contributed by atoms with van der Waals surface area (Å²) in [5.41, 5.74) is 1.09. The van der Waals surface area contributed by atoms with Gasteiger partial charge in [0.2, 0.25) is 0 Å². The zero-order valence-electron chi connectivity index (χ0n) is 8.05. The summed E-state index contributed by atoms with van der Waals surface area (Å²) in [6, 6.07) is 4.54. The molecular formula is C10H15BrN2. The maximum atomic E-state index is 4.15. The lowest BCUT2D eigenvalue weighted by Gasteiger charge is -2.15. The summed E-state index contributed by atoms with van der Waals surface area (Å²) < 4.78 is 0.877. The second kappa shape index (κ2) is 5.22. The SMILES string of the molecule is CCC(CC)Nc1ccc(Br)nc1. The molecule has 1 heterocycles. The van der Waals surface area contributed by atoms with E-state index >= 15 is 0 Å². The maximum absolute atomic E-state index is 4.15. The molecule has 0 atom stereocenters. The molecule has 13 heavy (non-hydrogen) atoms. The quantitative estimate of drug-likeness (QED) is 0.819. The van der Waals surface area contributed by atoms with Gasteiger partial charge in [0.1, 0.15) is 4.60 Å². The minimum absolute atomic E-state index is 0.558. The van der Waals surface area contributed by atoms with Gasteiger partial charge in [0.15, 0.2) is 0 Å². The van der Waals surface area contributed by atoms with E-state index in [-0.39, 0.29) is 0 Å². The molecule has 0 aliphatic carbocycles. The van der Waals surface area contributed by atoms with Crippen LogP contribution < -0.4 is 5.32 Å². The van der Waals surface area contributed by atoms with Crippen molar-refractivity contribution in [1.82, 2.24) is 4.98 Å². The van der Waals surface area contributed by atoms with Crippen molar-refractivity contribution in [3.63, 3.8) is 0 Å². The molecule has 1 aromatic heterocycles. The van der Waals surface area contributed by atoms with Gasteiger partial charge in [0.25, 0.3) is 0 Å². The normalized spacial score (nSPS) is 10.5. The summed E-state index contributed by atoms with van der Waals surface area (Å²) in [5, 5.41) is 3.42. The molecule has 1 rings (SSSR count). The molecule has 3 heteroatoms. The molecule has 0 radical (unpaired) electrons. The minimum Gasteiger partial charge on any atom is -0.381 e. The van der Waals surface area contributed by atoms with Crippen molar-refractivity contribution >= 4 is 21.6 Å². The van der Waals surface area contributed by atoms with Crippen LogP contribution in [0.2, 0.25) is 0 Å². The number of hydrogen-bond acceptors (Lipinski definition) is 2. The summed E-state index contributed by atoms with van der Waals surface area (Å²) in [5.74, 6) is 0. The summed E-state index contributed by atoms with van der Waals surface area (Å²) >= 11 is 3.31. The number of halogens is 1. The summed E-state index contributed by atoms with van der Waals surface area (Å²) in [6.07, 6.45) is 4.14. The number of aromatic nitrogens is 1. The molecular weight excluding hydrogens is 228 g/mol. The zero-order chi connectivity index (χ0) is 9.68. The maximum Gasteiger partial charge on any atom is 0.106 e. The van der Waals surface area contributed by atoms with E-state index in [4.69, 9.17) is 0 Å². The van der Waals surface area contributed by atoms with Crippen LogP contribution in [0.4, 0.5) is 5.69 Å². The number of nitrogens with zero attached hydrogens (tertiary/aromatic N) is 1. The fourth-order valence-electron chi connectivity index (χ4n) is 1.19. The van der Waals surface area contributed by atoms with Crippen molar-refractivity contribution in [2.75, 3.05) is 5.32 Å². The van der Waals surface area contributed by atoms with Gasteiger partial charge < -0.3 is 5.32 Å². The lowest BCUT2D eigenvalue weighted by Crippen LogP contribution is -2.16. The molecule has 0 aromatic carbocycles. The zero-order valence-corrected chi connectivity index (χ0v) is 9.63. The number of nitrogens with one attached hydrogen (secondary N) is 1. The monoisotopic (exact) mass is 242 g/mol. The summed E-state index contributed by atoms with van der Waals surface area (Å²) in [7, 11) is 0. The Kier molecular flexibility index (Phi) is 4.22. The average molecular weight is 243 g/mol. The second-order valence-electron chi connectivity index (χ2n) is 3.03. The van der Waals surface area contributed by atoms with Gasteiger partial charge in [-0.2, -0.15) is 0 Å². The van der Waals surface area contributed by atoms with Crippen LogP contribution in [-0.2, 0) is 0 Å². The fourth-order valence-corrected chi connectivity index (χ4v) is 1.42. The highest BCUT2D eigenvalue weighted by molar-refractivity contribution is 9.10. The van der Waals surface area contributed by atoms with E-state index in [0.29, 0.717) is 6.04 Å². The standard InChI is InChI=1S/C10H15BrN2/c1-3-8(4-2)13-9-5-6-10(11)12-7-9/h5-8,13H,3-4H2,1-2H3. The summed E-state index contributed by atoms with van der Waals surface area (Å²) in [4.78, 5) is 4.15. The molecule has 0 amide bonds. The first kappa shape index (κ1) is 10.5. The highest BCUT2D eigenvalue weighted by Crippen LogP contribution is 2.13. The third-order valence-corrected chi connectivity index (χ3v) is 2.55. The van der Waals surface area contributed by atoms with E-state index in [9.17, 15) is 0 Å². The van der Waals surface area contributed by atoms with Crippen LogP contribution in [-0.4, -0.2) is 11.0 Å². The number of anilines is 1. The predicted molar refractivity (Wildman–Crippen MR) is 59.9 cm³/mol. The largest absolute Gasteiger partial charge is 0.381 e. The van der Waals surface area contributed by atoms with E-state index in [1.165, 1.54) is 0 Å². The fraction of sp³-hybridized carbons (Fsp3) is 0.500. The van der Waals surface area contributed by atoms with E-state index in [2.05, 4.69) is 40.1 Å². The first-order valence-corrected chi connectivity index (χ1v) is 5.43. The molecule has 0 aliphatic rings. The van der Waals surface area contributed by atoms with Gasteiger partial charge in [-0.1, -0.05) is 13.8 Å². The highest BCUT2D eigenvalue weighted by atomic mass is 79.9. The molecule has 1 N–H and O–H groups in total. The third kappa shape index (κ3) is 3.35. The molecule has 2 nitrogen and oxygen atoms in total. The van der Waals surface area contributed by atoms with E-state index in [0.717, 1.165) is 23.1 Å². The van der Waals surface area contributed by atoms with Crippen LogP contribution in [0.15, 0.2) is 22.9 Å². The Morgan fingerprint density at radius 1 is 1.38 bits per heavy atom. The van der Waals surface area contributed by atoms with Crippen LogP contribution in [0, 0.1) is 0 Å². The Balaban J connectivity index is 2.58. The van der Waals surface area contributed by atoms with E-state index in [1.807, 2.05) is 18.3 Å². The predicted octanol–water partition coefficient (Wildman–Crippen LogP) is 3.44.